The molecule has 3 aromatic heterocycles. The molecule has 0 spiro atoms. The third-order valence-corrected chi connectivity index (χ3v) is 10.1. The molecule has 0 bridgehead atoms. The summed E-state index contributed by atoms with van der Waals surface area (Å²) < 4.78 is 87.4. The Morgan fingerprint density at radius 3 is 2.28 bits per heavy atom. The normalized spacial score (nSPS) is 18.5. The second-order valence-corrected chi connectivity index (χ2v) is 15.5. The van der Waals surface area contributed by atoms with Crippen LogP contribution in [0.2, 0.25) is 0 Å². The number of nitrogens with zero attached hydrogens (tertiary/aromatic N) is 2. The zero-order valence-corrected chi connectivity index (χ0v) is 33.2. The zero-order chi connectivity index (χ0) is 45.0. The van der Waals surface area contributed by atoms with Crippen LogP contribution in [0, 0.1) is 38.1 Å². The average Bonchev–Trinajstić information content (AvgIpc) is 3.60. The second kappa shape index (κ2) is 15.5. The smallest absolute Gasteiger partial charge is 0.120 e. The summed E-state index contributed by atoms with van der Waals surface area (Å²) in [7, 11) is 0. The predicted octanol–water partition coefficient (Wildman–Crippen LogP) is 13.6. The van der Waals surface area contributed by atoms with E-state index >= 15 is 0 Å². The Bertz CT molecular complexity index is 2660. The topological polar surface area (TPSA) is 38.9 Å². The average molecular weight is 885 g/mol. The van der Waals surface area contributed by atoms with Crippen molar-refractivity contribution in [3.05, 3.63) is 143 Å². The van der Waals surface area contributed by atoms with Crippen molar-refractivity contribution in [1.29, 1.82) is 0 Å². The summed E-state index contributed by atoms with van der Waals surface area (Å²) in [5.74, 6) is -0.893. The van der Waals surface area contributed by atoms with Crippen LogP contribution >= 0.6 is 0 Å². The van der Waals surface area contributed by atoms with Gasteiger partial charge in [0.25, 0.3) is 0 Å². The van der Waals surface area contributed by atoms with E-state index in [1.807, 2.05) is 48.7 Å². The van der Waals surface area contributed by atoms with E-state index in [1.54, 1.807) is 42.5 Å². The minimum absolute atomic E-state index is 0. The third-order valence-electron chi connectivity index (χ3n) is 10.1. The Labute approximate surface area is 343 Å². The van der Waals surface area contributed by atoms with Crippen LogP contribution in [0.1, 0.15) is 108 Å². The van der Waals surface area contributed by atoms with Gasteiger partial charge in [-0.3, -0.25) is 0 Å². The van der Waals surface area contributed by atoms with Gasteiger partial charge in [0.2, 0.25) is 0 Å². The van der Waals surface area contributed by atoms with Gasteiger partial charge in [-0.1, -0.05) is 107 Å². The quantitative estimate of drug-likeness (QED) is 0.165. The minimum Gasteiger partial charge on any atom is -0.501 e. The number of rotatable bonds is 4. The molecule has 0 saturated heterocycles. The van der Waals surface area contributed by atoms with E-state index < -0.39 is 26.4 Å². The van der Waals surface area contributed by atoms with E-state index in [0.29, 0.717) is 52.0 Å². The van der Waals surface area contributed by atoms with E-state index in [2.05, 4.69) is 56.7 Å². The fraction of sp³-hybridized carbons (Fsp3) is 0.306. The first-order valence-electron chi connectivity index (χ1n) is 22.8. The van der Waals surface area contributed by atoms with Crippen LogP contribution in [-0.4, -0.2) is 9.97 Å². The van der Waals surface area contributed by atoms with Crippen molar-refractivity contribution in [2.75, 3.05) is 0 Å². The Morgan fingerprint density at radius 2 is 1.58 bits per heavy atom. The standard InChI is InChI=1S/C33H32NO.C16H18N.Ir/c1-21-18-24(23-14-16-33(3,4)17-15-23)12-13-25(21)29-19-30(34-20-22(29)2)28-10-7-9-27-26-8-5-6-11-31(26)35-32(27)28;1-12-5-7-13(8-6-12)15-10-9-14(11-17-15)16(2,3)4;/h5-9,11-13,18-20,23H,14-17H2,1-4H3;5-7,9-11H,1-4H3;/q2*-1;/i1D3,2D3,23D;1D3;. The zero-order valence-electron chi connectivity index (χ0n) is 40.8. The molecule has 4 heteroatoms. The van der Waals surface area contributed by atoms with Gasteiger partial charge in [-0.15, -0.1) is 53.6 Å². The molecule has 8 rings (SSSR count). The SMILES string of the molecule is [2H]C([2H])([2H])c1c[c-]c(-c2ccc(C(C)(C)C)cn2)cc1.[2H]C([2H])([2H])c1cnc(-c2[c-]ccc3c2oc2ccccc23)cc1-c1ccc(C2([2H])CCC(C)(C)CC2)cc1C([2H])([2H])[2H].[Ir]. The summed E-state index contributed by atoms with van der Waals surface area (Å²) in [6.45, 7) is 3.66. The third kappa shape index (κ3) is 8.40. The minimum atomic E-state index is -2.54. The van der Waals surface area contributed by atoms with Gasteiger partial charge in [-0.2, -0.15) is 0 Å². The molecule has 4 aromatic carbocycles. The first kappa shape index (κ1) is 27.2. The summed E-state index contributed by atoms with van der Waals surface area (Å²) >= 11 is 0. The molecule has 1 fully saturated rings. The van der Waals surface area contributed by atoms with E-state index in [9.17, 15) is 1.37 Å². The molecule has 0 unspecified atom stereocenters. The van der Waals surface area contributed by atoms with Crippen LogP contribution in [-0.2, 0) is 25.5 Å². The summed E-state index contributed by atoms with van der Waals surface area (Å²) in [6, 6.07) is 33.1. The number of furan rings is 1. The van der Waals surface area contributed by atoms with Gasteiger partial charge in [0, 0.05) is 51.6 Å². The van der Waals surface area contributed by atoms with Crippen molar-refractivity contribution in [2.45, 2.75) is 92.2 Å². The monoisotopic (exact) mass is 885 g/mol. The maximum absolute atomic E-state index is 9.23. The number of para-hydroxylation sites is 1. The maximum atomic E-state index is 9.23. The van der Waals surface area contributed by atoms with Gasteiger partial charge in [-0.25, -0.2) is 0 Å². The molecule has 53 heavy (non-hydrogen) atoms. The fourth-order valence-electron chi connectivity index (χ4n) is 6.79. The van der Waals surface area contributed by atoms with Crippen molar-refractivity contribution in [3.8, 4) is 33.6 Å². The molecule has 273 valence electrons. The van der Waals surface area contributed by atoms with Gasteiger partial charge >= 0.3 is 0 Å². The molecule has 1 aliphatic rings. The van der Waals surface area contributed by atoms with Crippen molar-refractivity contribution in [2.24, 2.45) is 5.41 Å². The van der Waals surface area contributed by atoms with E-state index in [0.717, 1.165) is 34.9 Å². The Kier molecular flexibility index (Phi) is 7.99. The molecular formula is C49H50IrN2O-2. The van der Waals surface area contributed by atoms with Gasteiger partial charge < -0.3 is 14.4 Å². The number of benzene rings is 4. The van der Waals surface area contributed by atoms with Crippen LogP contribution in [0.25, 0.3) is 55.6 Å². The van der Waals surface area contributed by atoms with Crippen molar-refractivity contribution < 1.29 is 38.2 Å². The molecule has 0 amide bonds. The number of aryl methyl sites for hydroxylation is 3. The van der Waals surface area contributed by atoms with Gasteiger partial charge in [0.15, 0.2) is 0 Å². The first-order valence-corrected chi connectivity index (χ1v) is 17.8. The first-order chi connectivity index (χ1) is 28.8. The van der Waals surface area contributed by atoms with Crippen LogP contribution < -0.4 is 0 Å². The number of hydrogen-bond donors (Lipinski definition) is 0. The van der Waals surface area contributed by atoms with Crippen LogP contribution in [0.4, 0.5) is 0 Å². The van der Waals surface area contributed by atoms with Gasteiger partial charge in [-0.05, 0) is 107 Å². The molecule has 1 aliphatic carbocycles. The van der Waals surface area contributed by atoms with Gasteiger partial charge in [0.05, 0.1) is 5.58 Å². The predicted molar refractivity (Wildman–Crippen MR) is 218 cm³/mol. The molecule has 7 aromatic rings. The summed E-state index contributed by atoms with van der Waals surface area (Å²) in [5, 5.41) is 1.82. The number of aromatic nitrogens is 2. The Hall–Kier alpha value is -4.37. The molecule has 1 saturated carbocycles. The largest absolute Gasteiger partial charge is 0.501 e. The molecule has 0 N–H and O–H groups in total. The summed E-state index contributed by atoms with van der Waals surface area (Å²) in [4.78, 5) is 8.94. The van der Waals surface area contributed by atoms with Crippen LogP contribution in [0.15, 0.2) is 108 Å². The van der Waals surface area contributed by atoms with Crippen molar-refractivity contribution in [3.63, 3.8) is 0 Å². The Balaban J connectivity index is 0.000000265. The number of hydrogen-bond acceptors (Lipinski definition) is 3. The molecule has 3 heterocycles. The fourth-order valence-corrected chi connectivity index (χ4v) is 6.79. The van der Waals surface area contributed by atoms with Crippen molar-refractivity contribution >= 4 is 21.9 Å². The molecule has 1 radical (unpaired) electrons. The van der Waals surface area contributed by atoms with Gasteiger partial charge in [0.1, 0.15) is 5.58 Å². The maximum Gasteiger partial charge on any atom is 0.120 e. The van der Waals surface area contributed by atoms with Crippen LogP contribution in [0.5, 0.6) is 0 Å². The van der Waals surface area contributed by atoms with Crippen LogP contribution in [0.3, 0.4) is 0 Å². The molecule has 0 aliphatic heterocycles. The molecule has 3 nitrogen and oxygen atoms in total. The van der Waals surface area contributed by atoms with Crippen molar-refractivity contribution in [1.82, 2.24) is 9.97 Å². The van der Waals surface area contributed by atoms with E-state index in [1.165, 1.54) is 17.8 Å². The molecule has 0 atom stereocenters. The second-order valence-electron chi connectivity index (χ2n) is 15.5. The van der Waals surface area contributed by atoms with E-state index in [4.69, 9.17) is 16.8 Å². The summed E-state index contributed by atoms with van der Waals surface area (Å²) in [6.07, 6.45) is 6.19. The van der Waals surface area contributed by atoms with E-state index in [-0.39, 0.29) is 47.6 Å². The molecular weight excluding hydrogens is 825 g/mol. The summed E-state index contributed by atoms with van der Waals surface area (Å²) in [5.41, 5.74) is 6.77. The number of pyridine rings is 2. The Morgan fingerprint density at radius 1 is 0.792 bits per heavy atom. The number of fused-ring (bicyclic) bond motifs is 3.